The number of hydrogen-bond acceptors (Lipinski definition) is 3. The molecule has 0 aromatic carbocycles. The van der Waals surface area contributed by atoms with E-state index in [0.29, 0.717) is 0 Å². The number of nitrogens with zero attached hydrogens (tertiary/aromatic N) is 3. The molecule has 6 heteroatoms. The Morgan fingerprint density at radius 1 is 0.783 bits per heavy atom. The molecule has 1 aromatic rings. The number of piperidine rings is 2. The van der Waals surface area contributed by atoms with Crippen LogP contribution in [0.15, 0.2) is 18.2 Å². The van der Waals surface area contributed by atoms with E-state index in [2.05, 4.69) is 56.3 Å². The van der Waals surface area contributed by atoms with E-state index in [1.54, 1.807) is 0 Å². The zero-order valence-corrected chi connectivity index (χ0v) is 17.9. The van der Waals surface area contributed by atoms with Gasteiger partial charge in [-0.1, -0.05) is 18.9 Å². The minimum Gasteiger partial charge on any atom is -0.298 e. The molecular weight excluding hydrogens is 465 g/mol. The SMILES string of the molecule is [Br][Co][Br].c1cc(CN2CCCCC2)nc(CN2CCCCC2)c1. The Morgan fingerprint density at radius 3 is 1.57 bits per heavy atom. The normalized spacial score (nSPS) is 20.1. The van der Waals surface area contributed by atoms with Crippen LogP contribution in [0.25, 0.3) is 0 Å². The summed E-state index contributed by atoms with van der Waals surface area (Å²) < 4.78 is 0. The molecule has 0 bridgehead atoms. The maximum Gasteiger partial charge on any atom is 0.0547 e. The molecule has 0 unspecified atom stereocenters. The fourth-order valence-electron chi connectivity index (χ4n) is 3.40. The average Bonchev–Trinajstić information content (AvgIpc) is 2.58. The Kier molecular flexibility index (Phi) is 10.3. The zero-order valence-electron chi connectivity index (χ0n) is 13.6. The second-order valence-corrected chi connectivity index (χ2v) is 11.6. The topological polar surface area (TPSA) is 19.4 Å². The van der Waals surface area contributed by atoms with Gasteiger partial charge in [-0.15, -0.1) is 0 Å². The Labute approximate surface area is 161 Å². The minimum absolute atomic E-state index is 1.04. The van der Waals surface area contributed by atoms with Crippen molar-refractivity contribution in [3.63, 3.8) is 0 Å². The van der Waals surface area contributed by atoms with Crippen LogP contribution in [0.4, 0.5) is 0 Å². The van der Waals surface area contributed by atoms with Gasteiger partial charge in [-0.3, -0.25) is 14.8 Å². The molecule has 2 fully saturated rings. The maximum atomic E-state index is 4.88. The molecule has 2 saturated heterocycles. The Balaban J connectivity index is 0.000000595. The van der Waals surface area contributed by atoms with Crippen molar-refractivity contribution in [2.45, 2.75) is 51.6 Å². The van der Waals surface area contributed by atoms with Crippen LogP contribution in [-0.4, -0.2) is 41.0 Å². The van der Waals surface area contributed by atoms with Crippen molar-refractivity contribution in [2.75, 3.05) is 26.2 Å². The van der Waals surface area contributed by atoms with Gasteiger partial charge in [0.15, 0.2) is 0 Å². The van der Waals surface area contributed by atoms with Crippen molar-refractivity contribution < 1.29 is 11.1 Å². The van der Waals surface area contributed by atoms with Gasteiger partial charge in [0.2, 0.25) is 0 Å². The second kappa shape index (κ2) is 12.0. The van der Waals surface area contributed by atoms with E-state index >= 15 is 0 Å². The van der Waals surface area contributed by atoms with Crippen LogP contribution in [0, 0.1) is 0 Å². The molecule has 2 aliphatic heterocycles. The van der Waals surface area contributed by atoms with E-state index in [1.165, 1.54) is 76.1 Å². The van der Waals surface area contributed by atoms with Gasteiger partial charge in [-0.25, -0.2) is 0 Å². The zero-order chi connectivity index (χ0) is 16.3. The van der Waals surface area contributed by atoms with Gasteiger partial charge in [-0.05, 0) is 64.0 Å². The molecule has 0 atom stereocenters. The molecule has 3 rings (SSSR count). The summed E-state index contributed by atoms with van der Waals surface area (Å²) in [6, 6.07) is 6.56. The van der Waals surface area contributed by atoms with Crippen LogP contribution in [0.5, 0.6) is 0 Å². The van der Waals surface area contributed by atoms with Gasteiger partial charge in [0.1, 0.15) is 0 Å². The van der Waals surface area contributed by atoms with Gasteiger partial charge in [0, 0.05) is 13.1 Å². The Bertz CT molecular complexity index is 400. The van der Waals surface area contributed by atoms with Gasteiger partial charge in [0.25, 0.3) is 0 Å². The largest absolute Gasteiger partial charge is 0.298 e. The molecule has 0 amide bonds. The molecule has 0 radical (unpaired) electrons. The fourth-order valence-corrected chi connectivity index (χ4v) is 3.40. The van der Waals surface area contributed by atoms with Crippen molar-refractivity contribution in [3.05, 3.63) is 29.6 Å². The molecule has 2 aliphatic rings. The monoisotopic (exact) mass is 490 g/mol. The average molecular weight is 492 g/mol. The van der Waals surface area contributed by atoms with Crippen molar-refractivity contribution in [1.29, 1.82) is 0 Å². The summed E-state index contributed by atoms with van der Waals surface area (Å²) in [7, 11) is 0. The van der Waals surface area contributed by atoms with Crippen molar-refractivity contribution in [3.8, 4) is 0 Å². The predicted molar refractivity (Wildman–Crippen MR) is 100 cm³/mol. The standard InChI is InChI=1S/C17H27N3.2BrH.Co/c1-3-10-19(11-4-1)14-16-8-7-9-17(18-16)15-20-12-5-2-6-13-20;;;/h7-9H,1-6,10-15H2;2*1H;/q;;;+2/p-2. The van der Waals surface area contributed by atoms with Gasteiger partial charge < -0.3 is 0 Å². The van der Waals surface area contributed by atoms with Crippen LogP contribution in [-0.2, 0) is 24.2 Å². The molecule has 0 saturated carbocycles. The van der Waals surface area contributed by atoms with E-state index in [4.69, 9.17) is 4.98 Å². The molecule has 133 valence electrons. The minimum atomic E-state index is 1.04. The Morgan fingerprint density at radius 2 is 1.17 bits per heavy atom. The summed E-state index contributed by atoms with van der Waals surface area (Å²) in [4.78, 5) is 9.98. The van der Waals surface area contributed by atoms with Crippen LogP contribution < -0.4 is 0 Å². The van der Waals surface area contributed by atoms with Crippen LogP contribution in [0.2, 0.25) is 0 Å². The number of aromatic nitrogens is 1. The number of pyridine rings is 1. The number of halogens is 2. The molecule has 23 heavy (non-hydrogen) atoms. The molecule has 1 aromatic heterocycles. The number of rotatable bonds is 4. The van der Waals surface area contributed by atoms with Gasteiger partial charge in [0.05, 0.1) is 11.4 Å². The van der Waals surface area contributed by atoms with Gasteiger partial charge >= 0.3 is 39.5 Å². The van der Waals surface area contributed by atoms with E-state index in [-0.39, 0.29) is 0 Å². The third-order valence-electron chi connectivity index (χ3n) is 4.53. The third kappa shape index (κ3) is 7.97. The molecule has 0 aliphatic carbocycles. The van der Waals surface area contributed by atoms with Crippen LogP contribution >= 0.6 is 28.3 Å². The molecule has 3 heterocycles. The first-order chi connectivity index (χ1) is 11.3. The first-order valence-electron chi connectivity index (χ1n) is 8.55. The summed E-state index contributed by atoms with van der Waals surface area (Å²) in [6.45, 7) is 7.06. The van der Waals surface area contributed by atoms with Crippen molar-refractivity contribution in [2.24, 2.45) is 0 Å². The summed E-state index contributed by atoms with van der Waals surface area (Å²) in [6.07, 6.45) is 8.22. The van der Waals surface area contributed by atoms with Gasteiger partial charge in [-0.2, -0.15) is 0 Å². The predicted octanol–water partition coefficient (Wildman–Crippen LogP) is 4.74. The summed E-state index contributed by atoms with van der Waals surface area (Å²) >= 11 is 7.12. The van der Waals surface area contributed by atoms with Crippen LogP contribution in [0.3, 0.4) is 0 Å². The van der Waals surface area contributed by atoms with Crippen molar-refractivity contribution >= 4 is 28.3 Å². The van der Waals surface area contributed by atoms with Crippen LogP contribution in [0.1, 0.15) is 49.9 Å². The van der Waals surface area contributed by atoms with E-state index < -0.39 is 0 Å². The quantitative estimate of drug-likeness (QED) is 0.606. The van der Waals surface area contributed by atoms with Crippen molar-refractivity contribution in [1.82, 2.24) is 14.8 Å². The number of hydrogen-bond donors (Lipinski definition) is 0. The molecule has 0 N–H and O–H groups in total. The summed E-state index contributed by atoms with van der Waals surface area (Å²) in [5, 5.41) is 0. The van der Waals surface area contributed by atoms with E-state index in [9.17, 15) is 0 Å². The maximum absolute atomic E-state index is 4.88. The fraction of sp³-hybridized carbons (Fsp3) is 0.706. The smallest absolute Gasteiger partial charge is 0.0547 e. The molecular formula is C17H27Br2CoN3. The van der Waals surface area contributed by atoms with E-state index in [1.807, 2.05) is 0 Å². The first-order valence-corrected chi connectivity index (χ1v) is 13.7. The number of likely N-dealkylation sites (tertiary alicyclic amines) is 2. The van der Waals surface area contributed by atoms with E-state index in [0.717, 1.165) is 24.2 Å². The molecule has 3 nitrogen and oxygen atoms in total. The third-order valence-corrected chi connectivity index (χ3v) is 4.53. The molecule has 0 spiro atoms. The summed E-state index contributed by atoms with van der Waals surface area (Å²) in [5.41, 5.74) is 2.50. The second-order valence-electron chi connectivity index (χ2n) is 6.34. The first kappa shape index (κ1) is 19.9. The Hall–Kier alpha value is 0.536. The summed E-state index contributed by atoms with van der Waals surface area (Å²) in [5.74, 6) is 0.